The SMILES string of the molecule is CC1(C)CN([C@@H]2C[C@@H](c3ccccc3)c3ccc(Cl)cc32)CC(O)(O)N1. The fourth-order valence-electron chi connectivity index (χ4n) is 4.66. The topological polar surface area (TPSA) is 55.7 Å². The van der Waals surface area contributed by atoms with Crippen molar-refractivity contribution in [2.24, 2.45) is 0 Å². The number of aliphatic hydroxyl groups is 2. The third kappa shape index (κ3) is 3.40. The van der Waals surface area contributed by atoms with Gasteiger partial charge in [-0.25, -0.2) is 0 Å². The van der Waals surface area contributed by atoms with E-state index in [9.17, 15) is 10.2 Å². The maximum Gasteiger partial charge on any atom is 0.236 e. The van der Waals surface area contributed by atoms with Crippen molar-refractivity contribution in [1.29, 1.82) is 0 Å². The Bertz CT molecular complexity index is 791. The Balaban J connectivity index is 1.73. The van der Waals surface area contributed by atoms with Gasteiger partial charge >= 0.3 is 0 Å². The molecule has 1 fully saturated rings. The molecule has 0 aromatic heterocycles. The van der Waals surface area contributed by atoms with Gasteiger partial charge in [-0.1, -0.05) is 48.0 Å². The van der Waals surface area contributed by atoms with Crippen molar-refractivity contribution in [3.05, 3.63) is 70.2 Å². The van der Waals surface area contributed by atoms with Gasteiger partial charge in [-0.3, -0.25) is 10.2 Å². The smallest absolute Gasteiger partial charge is 0.236 e. The van der Waals surface area contributed by atoms with Crippen molar-refractivity contribution in [1.82, 2.24) is 10.2 Å². The maximum absolute atomic E-state index is 10.3. The molecule has 1 saturated heterocycles. The molecule has 26 heavy (non-hydrogen) atoms. The number of nitrogens with one attached hydrogen (secondary N) is 1. The van der Waals surface area contributed by atoms with Crippen LogP contribution in [0.3, 0.4) is 0 Å². The minimum absolute atomic E-state index is 0.106. The average Bonchev–Trinajstić information content (AvgIpc) is 2.91. The van der Waals surface area contributed by atoms with Gasteiger partial charge in [0.1, 0.15) is 0 Å². The first-order valence-electron chi connectivity index (χ1n) is 9.07. The number of piperazine rings is 1. The van der Waals surface area contributed by atoms with Crippen molar-refractivity contribution in [3.63, 3.8) is 0 Å². The molecule has 1 heterocycles. The highest BCUT2D eigenvalue weighted by molar-refractivity contribution is 6.30. The van der Waals surface area contributed by atoms with Gasteiger partial charge in [-0.15, -0.1) is 0 Å². The van der Waals surface area contributed by atoms with E-state index in [2.05, 4.69) is 40.5 Å². The van der Waals surface area contributed by atoms with Crippen molar-refractivity contribution in [3.8, 4) is 0 Å². The van der Waals surface area contributed by atoms with Crippen LogP contribution in [0.15, 0.2) is 48.5 Å². The molecule has 2 aliphatic rings. The molecule has 2 aromatic rings. The van der Waals surface area contributed by atoms with Crippen LogP contribution in [0, 0.1) is 0 Å². The molecule has 4 nitrogen and oxygen atoms in total. The van der Waals surface area contributed by atoms with Crippen molar-refractivity contribution in [2.45, 2.75) is 43.7 Å². The summed E-state index contributed by atoms with van der Waals surface area (Å²) >= 11 is 6.30. The molecule has 2 atom stereocenters. The van der Waals surface area contributed by atoms with E-state index < -0.39 is 11.4 Å². The zero-order chi connectivity index (χ0) is 18.5. The zero-order valence-electron chi connectivity index (χ0n) is 15.1. The summed E-state index contributed by atoms with van der Waals surface area (Å²) in [7, 11) is 0. The fourth-order valence-corrected chi connectivity index (χ4v) is 4.84. The largest absolute Gasteiger partial charge is 0.352 e. The summed E-state index contributed by atoms with van der Waals surface area (Å²) in [6.45, 7) is 4.87. The predicted molar refractivity (Wildman–Crippen MR) is 103 cm³/mol. The monoisotopic (exact) mass is 372 g/mol. The summed E-state index contributed by atoms with van der Waals surface area (Å²) in [5, 5.41) is 24.2. The Morgan fingerprint density at radius 2 is 1.77 bits per heavy atom. The Labute approximate surface area is 159 Å². The first kappa shape index (κ1) is 18.0. The van der Waals surface area contributed by atoms with Gasteiger partial charge in [-0.2, -0.15) is 0 Å². The third-order valence-electron chi connectivity index (χ3n) is 5.45. The first-order valence-corrected chi connectivity index (χ1v) is 9.44. The van der Waals surface area contributed by atoms with Crippen LogP contribution in [0.5, 0.6) is 0 Å². The van der Waals surface area contributed by atoms with E-state index in [1.54, 1.807) is 0 Å². The number of fused-ring (bicyclic) bond motifs is 1. The molecule has 3 N–H and O–H groups in total. The standard InChI is InChI=1S/C21H25ClN2O2/c1-20(2)12-24(13-21(25,26)23-20)19-11-17(14-6-4-3-5-7-14)16-9-8-15(22)10-18(16)19/h3-10,17,19,23,25-26H,11-13H2,1-2H3/t17-,19+/m0/s1. The molecule has 5 heteroatoms. The van der Waals surface area contributed by atoms with Crippen LogP contribution in [0.4, 0.5) is 0 Å². The Kier molecular flexibility index (Phi) is 4.37. The third-order valence-corrected chi connectivity index (χ3v) is 5.68. The second kappa shape index (κ2) is 6.32. The fraction of sp³-hybridized carbons (Fsp3) is 0.429. The summed E-state index contributed by atoms with van der Waals surface area (Å²) in [6.07, 6.45) is 0.909. The van der Waals surface area contributed by atoms with E-state index in [1.807, 2.05) is 32.0 Å². The molecule has 0 bridgehead atoms. The van der Waals surface area contributed by atoms with Gasteiger partial charge in [0.2, 0.25) is 5.91 Å². The normalized spacial score (nSPS) is 27.3. The van der Waals surface area contributed by atoms with E-state index >= 15 is 0 Å². The molecule has 0 spiro atoms. The average molecular weight is 373 g/mol. The van der Waals surface area contributed by atoms with Gasteiger partial charge in [-0.05, 0) is 49.1 Å². The predicted octanol–water partition coefficient (Wildman–Crippen LogP) is 3.24. The molecule has 0 amide bonds. The van der Waals surface area contributed by atoms with Crippen molar-refractivity contribution >= 4 is 11.6 Å². The minimum atomic E-state index is -1.90. The summed E-state index contributed by atoms with van der Waals surface area (Å²) in [4.78, 5) is 2.18. The number of rotatable bonds is 2. The lowest BCUT2D eigenvalue weighted by Gasteiger charge is -2.48. The highest BCUT2D eigenvalue weighted by Crippen LogP contribution is 2.48. The minimum Gasteiger partial charge on any atom is -0.352 e. The molecule has 1 aliphatic carbocycles. The molecule has 1 aliphatic heterocycles. The summed E-state index contributed by atoms with van der Waals surface area (Å²) in [5.74, 6) is -1.61. The van der Waals surface area contributed by atoms with E-state index in [-0.39, 0.29) is 12.6 Å². The van der Waals surface area contributed by atoms with Crippen LogP contribution in [0.25, 0.3) is 0 Å². The highest BCUT2D eigenvalue weighted by Gasteiger charge is 2.45. The quantitative estimate of drug-likeness (QED) is 0.708. The summed E-state index contributed by atoms with van der Waals surface area (Å²) < 4.78 is 0. The van der Waals surface area contributed by atoms with E-state index in [4.69, 9.17) is 11.6 Å². The first-order chi connectivity index (χ1) is 12.2. The number of hydrogen-bond donors (Lipinski definition) is 3. The van der Waals surface area contributed by atoms with Crippen LogP contribution < -0.4 is 5.32 Å². The molecule has 0 radical (unpaired) electrons. The lowest BCUT2D eigenvalue weighted by atomic mass is 9.93. The molecule has 2 aromatic carbocycles. The lowest BCUT2D eigenvalue weighted by molar-refractivity contribution is -0.234. The zero-order valence-corrected chi connectivity index (χ0v) is 15.9. The molecule has 0 unspecified atom stereocenters. The van der Waals surface area contributed by atoms with Gasteiger partial charge in [0, 0.05) is 29.1 Å². The van der Waals surface area contributed by atoms with Crippen molar-refractivity contribution in [2.75, 3.05) is 13.1 Å². The van der Waals surface area contributed by atoms with Crippen LogP contribution in [-0.2, 0) is 0 Å². The molecule has 0 saturated carbocycles. The van der Waals surface area contributed by atoms with Crippen LogP contribution >= 0.6 is 11.6 Å². The Hall–Kier alpha value is -1.43. The number of nitrogens with zero attached hydrogens (tertiary/aromatic N) is 1. The van der Waals surface area contributed by atoms with Crippen molar-refractivity contribution < 1.29 is 10.2 Å². The second-order valence-corrected chi connectivity index (χ2v) is 8.65. The van der Waals surface area contributed by atoms with Gasteiger partial charge in [0.15, 0.2) is 0 Å². The number of β-amino-alcohol motifs (C(OH)–C–C–N with tert-alkyl or cyclic N) is 2. The Morgan fingerprint density at radius 3 is 2.46 bits per heavy atom. The number of hydrogen-bond acceptors (Lipinski definition) is 4. The van der Waals surface area contributed by atoms with Gasteiger partial charge < -0.3 is 10.2 Å². The van der Waals surface area contributed by atoms with Crippen LogP contribution in [0.1, 0.15) is 48.9 Å². The maximum atomic E-state index is 10.3. The van der Waals surface area contributed by atoms with E-state index in [0.717, 1.165) is 18.0 Å². The summed E-state index contributed by atoms with van der Waals surface area (Å²) in [5.41, 5.74) is 3.36. The molecule has 138 valence electrons. The number of halogens is 1. The van der Waals surface area contributed by atoms with Crippen LogP contribution in [-0.4, -0.2) is 39.7 Å². The van der Waals surface area contributed by atoms with Gasteiger partial charge in [0.25, 0.3) is 0 Å². The second-order valence-electron chi connectivity index (χ2n) is 8.22. The molecule has 4 rings (SSSR count). The lowest BCUT2D eigenvalue weighted by Crippen LogP contribution is -2.69. The molecular formula is C21H25ClN2O2. The van der Waals surface area contributed by atoms with E-state index in [1.165, 1.54) is 16.7 Å². The molecular weight excluding hydrogens is 348 g/mol. The van der Waals surface area contributed by atoms with Gasteiger partial charge in [0.05, 0.1) is 6.54 Å². The highest BCUT2D eigenvalue weighted by atomic mass is 35.5. The van der Waals surface area contributed by atoms with Crippen LogP contribution in [0.2, 0.25) is 5.02 Å². The Morgan fingerprint density at radius 1 is 1.04 bits per heavy atom. The number of benzene rings is 2. The van der Waals surface area contributed by atoms with E-state index in [0.29, 0.717) is 5.92 Å². The summed E-state index contributed by atoms with van der Waals surface area (Å²) in [6, 6.07) is 16.7.